The number of ether oxygens (including phenoxy) is 4. The highest BCUT2D eigenvalue weighted by atomic mass is 32.2. The number of methoxy groups -OCH3 is 1. The first-order chi connectivity index (χ1) is 17.1. The molecule has 2 aromatic rings. The number of hydrogen-bond donors (Lipinski definition) is 0. The molecular weight excluding hydrogens is 484 g/mol. The summed E-state index contributed by atoms with van der Waals surface area (Å²) in [5, 5.41) is 0. The van der Waals surface area contributed by atoms with Crippen LogP contribution in [0, 0.1) is 18.8 Å². The van der Waals surface area contributed by atoms with Crippen LogP contribution in [0.2, 0.25) is 0 Å². The number of ketones is 1. The van der Waals surface area contributed by atoms with Crippen LogP contribution in [0.15, 0.2) is 35.2 Å². The smallest absolute Gasteiger partial charge is 0.339 e. The van der Waals surface area contributed by atoms with E-state index in [0.29, 0.717) is 31.3 Å². The predicted octanol–water partition coefficient (Wildman–Crippen LogP) is 4.63. The van der Waals surface area contributed by atoms with E-state index in [0.717, 1.165) is 17.5 Å². The van der Waals surface area contributed by atoms with Gasteiger partial charge in [0.2, 0.25) is 5.79 Å². The van der Waals surface area contributed by atoms with Crippen LogP contribution in [0.4, 0.5) is 0 Å². The highest BCUT2D eigenvalue weighted by Gasteiger charge is 2.60. The van der Waals surface area contributed by atoms with Crippen molar-refractivity contribution < 1.29 is 36.3 Å². The minimum atomic E-state index is -4.21. The largest absolute Gasteiger partial charge is 0.496 e. The molecule has 0 radical (unpaired) electrons. The summed E-state index contributed by atoms with van der Waals surface area (Å²) in [4.78, 5) is 13.0. The number of carbonyl (C=O) groups excluding carboxylic acids is 1. The number of benzene rings is 2. The molecule has 0 aromatic heterocycles. The van der Waals surface area contributed by atoms with Crippen molar-refractivity contribution in [3.8, 4) is 17.2 Å². The monoisotopic (exact) mass is 516 g/mol. The van der Waals surface area contributed by atoms with Gasteiger partial charge >= 0.3 is 10.1 Å². The molecule has 1 spiro atoms. The molecular formula is C27H32O8S. The number of carbonyl (C=O) groups is 1. The van der Waals surface area contributed by atoms with Gasteiger partial charge in [-0.15, -0.1) is 0 Å². The number of fused-ring (bicyclic) bond motifs is 4. The molecule has 3 atom stereocenters. The van der Waals surface area contributed by atoms with Crippen molar-refractivity contribution in [2.45, 2.75) is 63.2 Å². The van der Waals surface area contributed by atoms with E-state index < -0.39 is 22.0 Å². The van der Waals surface area contributed by atoms with Gasteiger partial charge in [0.05, 0.1) is 20.3 Å². The van der Waals surface area contributed by atoms with Crippen molar-refractivity contribution in [3.63, 3.8) is 0 Å². The molecule has 0 amide bonds. The second-order valence-electron chi connectivity index (χ2n) is 10.1. The number of Topliss-reactive ketones (excluding diaryl/α,β-unsaturated/α-hetero) is 1. The number of hydrogen-bond acceptors (Lipinski definition) is 8. The van der Waals surface area contributed by atoms with Crippen LogP contribution in [0.1, 0.15) is 61.0 Å². The molecule has 0 unspecified atom stereocenters. The van der Waals surface area contributed by atoms with Crippen LogP contribution < -0.4 is 13.7 Å². The molecule has 0 bridgehead atoms. The number of rotatable bonds is 6. The van der Waals surface area contributed by atoms with Crippen LogP contribution in [0.5, 0.6) is 17.2 Å². The fourth-order valence-electron chi connectivity index (χ4n) is 5.88. The first kappa shape index (κ1) is 25.0. The van der Waals surface area contributed by atoms with Gasteiger partial charge in [0.15, 0.2) is 17.6 Å². The van der Waals surface area contributed by atoms with Crippen LogP contribution in [0.25, 0.3) is 0 Å². The Morgan fingerprint density at radius 2 is 1.78 bits per heavy atom. The minimum absolute atomic E-state index is 0.0109. The zero-order valence-electron chi connectivity index (χ0n) is 21.2. The Kier molecular flexibility index (Phi) is 6.29. The van der Waals surface area contributed by atoms with Crippen LogP contribution in [-0.4, -0.2) is 46.4 Å². The molecule has 0 N–H and O–H groups in total. The Bertz CT molecular complexity index is 1280. The third kappa shape index (κ3) is 3.97. The third-order valence-electron chi connectivity index (χ3n) is 7.58. The van der Waals surface area contributed by atoms with Gasteiger partial charge in [-0.25, -0.2) is 0 Å². The van der Waals surface area contributed by atoms with E-state index in [-0.39, 0.29) is 39.6 Å². The van der Waals surface area contributed by atoms with Crippen molar-refractivity contribution in [2.75, 3.05) is 20.3 Å². The van der Waals surface area contributed by atoms with E-state index in [2.05, 4.69) is 13.8 Å². The van der Waals surface area contributed by atoms with Crippen molar-refractivity contribution >= 4 is 15.9 Å². The van der Waals surface area contributed by atoms with Gasteiger partial charge in [0, 0.05) is 24.0 Å². The lowest BCUT2D eigenvalue weighted by atomic mass is 9.67. The first-order valence-corrected chi connectivity index (χ1v) is 13.7. The summed E-state index contributed by atoms with van der Waals surface area (Å²) in [6.07, 6.45) is 1.04. The summed E-state index contributed by atoms with van der Waals surface area (Å²) in [5.41, 5.74) is 1.73. The van der Waals surface area contributed by atoms with Crippen LogP contribution in [-0.2, 0) is 19.6 Å². The van der Waals surface area contributed by atoms with E-state index in [1.807, 2.05) is 6.92 Å². The van der Waals surface area contributed by atoms with Crippen molar-refractivity contribution in [3.05, 3.63) is 47.0 Å². The Labute approximate surface area is 212 Å². The Balaban J connectivity index is 1.66. The molecule has 9 heteroatoms. The SMILES string of the molecule is COc1cc(OS(=O)(=O)c2ccc(C)cc2)c(C(C)=O)c2c1[C@@H]1[C@@H](C(C)C)CCC3(OCCO3)[C@@H]1O2. The molecule has 1 saturated carbocycles. The lowest BCUT2D eigenvalue weighted by Gasteiger charge is -2.45. The predicted molar refractivity (Wildman–Crippen MR) is 131 cm³/mol. The summed E-state index contributed by atoms with van der Waals surface area (Å²) in [6, 6.07) is 7.81. The normalized spacial score (nSPS) is 24.3. The standard InChI is InChI=1S/C27H32O8S/c1-15(2)19-10-11-27(32-12-13-33-27)26-23(19)24-20(31-5)14-21(22(17(4)28)25(24)34-26)35-36(29,30)18-8-6-16(3)7-9-18/h6-9,14-15,19,23,26H,10-13H2,1-5H3/t19-,23+,26-/m1/s1. The first-order valence-electron chi connectivity index (χ1n) is 12.3. The van der Waals surface area contributed by atoms with E-state index >= 15 is 0 Å². The molecule has 5 rings (SSSR count). The van der Waals surface area contributed by atoms with Crippen LogP contribution >= 0.6 is 0 Å². The highest BCUT2D eigenvalue weighted by molar-refractivity contribution is 7.87. The Morgan fingerprint density at radius 1 is 1.11 bits per heavy atom. The zero-order valence-corrected chi connectivity index (χ0v) is 22.0. The zero-order chi connectivity index (χ0) is 25.8. The highest BCUT2D eigenvalue weighted by Crippen LogP contribution is 2.60. The van der Waals surface area contributed by atoms with Crippen molar-refractivity contribution in [1.82, 2.24) is 0 Å². The van der Waals surface area contributed by atoms with Crippen LogP contribution in [0.3, 0.4) is 0 Å². The molecule has 1 saturated heterocycles. The summed E-state index contributed by atoms with van der Waals surface area (Å²) in [5.74, 6) is -0.299. The Hall–Kier alpha value is -2.62. The average molecular weight is 517 g/mol. The maximum Gasteiger partial charge on any atom is 0.339 e. The molecule has 36 heavy (non-hydrogen) atoms. The fraction of sp³-hybridized carbons (Fsp3) is 0.519. The van der Waals surface area contributed by atoms with E-state index in [4.69, 9.17) is 23.1 Å². The topological polar surface area (TPSA) is 97.4 Å². The molecule has 1 aliphatic carbocycles. The summed E-state index contributed by atoms with van der Waals surface area (Å²) < 4.78 is 56.3. The van der Waals surface area contributed by atoms with Gasteiger partial charge in [0.25, 0.3) is 0 Å². The van der Waals surface area contributed by atoms with Gasteiger partial charge in [-0.3, -0.25) is 4.79 Å². The summed E-state index contributed by atoms with van der Waals surface area (Å²) in [7, 11) is -2.70. The summed E-state index contributed by atoms with van der Waals surface area (Å²) in [6.45, 7) is 8.50. The molecule has 2 aliphatic heterocycles. The fourth-order valence-corrected chi connectivity index (χ4v) is 6.81. The van der Waals surface area contributed by atoms with E-state index in [9.17, 15) is 13.2 Å². The average Bonchev–Trinajstić information content (AvgIpc) is 3.45. The van der Waals surface area contributed by atoms with Gasteiger partial charge in [-0.05, 0) is 44.2 Å². The molecule has 8 nitrogen and oxygen atoms in total. The van der Waals surface area contributed by atoms with E-state index in [1.165, 1.54) is 32.2 Å². The minimum Gasteiger partial charge on any atom is -0.496 e. The summed E-state index contributed by atoms with van der Waals surface area (Å²) >= 11 is 0. The third-order valence-corrected chi connectivity index (χ3v) is 8.83. The molecule has 194 valence electrons. The van der Waals surface area contributed by atoms with Gasteiger partial charge in [-0.2, -0.15) is 8.42 Å². The number of aryl methyl sites for hydroxylation is 1. The van der Waals surface area contributed by atoms with Gasteiger partial charge in [-0.1, -0.05) is 31.5 Å². The lowest BCUT2D eigenvalue weighted by molar-refractivity contribution is -0.236. The molecule has 3 aliphatic rings. The van der Waals surface area contributed by atoms with Crippen molar-refractivity contribution in [1.29, 1.82) is 0 Å². The molecule has 2 aromatic carbocycles. The molecule has 2 fully saturated rings. The second-order valence-corrected chi connectivity index (χ2v) is 11.7. The van der Waals surface area contributed by atoms with Crippen molar-refractivity contribution in [2.24, 2.45) is 11.8 Å². The lowest BCUT2D eigenvalue weighted by Crippen LogP contribution is -2.53. The maximum absolute atomic E-state index is 13.1. The second kappa shape index (κ2) is 9.04. The maximum atomic E-state index is 13.1. The quantitative estimate of drug-likeness (QED) is 0.405. The van der Waals surface area contributed by atoms with Gasteiger partial charge < -0.3 is 23.1 Å². The van der Waals surface area contributed by atoms with E-state index in [1.54, 1.807) is 12.1 Å². The van der Waals surface area contributed by atoms with Gasteiger partial charge in [0.1, 0.15) is 22.0 Å². The Morgan fingerprint density at radius 3 is 2.36 bits per heavy atom. The molecule has 2 heterocycles.